The fourth-order valence-corrected chi connectivity index (χ4v) is 1.81. The van der Waals surface area contributed by atoms with Gasteiger partial charge in [0.1, 0.15) is 0 Å². The van der Waals surface area contributed by atoms with Crippen molar-refractivity contribution in [2.75, 3.05) is 0 Å². The number of aryl methyl sites for hydroxylation is 1. The summed E-state index contributed by atoms with van der Waals surface area (Å²) in [5, 5.41) is 0.118. The highest BCUT2D eigenvalue weighted by atomic mass is 79.9. The number of hydrogen-bond donors (Lipinski definition) is 0. The van der Waals surface area contributed by atoms with E-state index < -0.39 is 0 Å². The van der Waals surface area contributed by atoms with Crippen LogP contribution >= 0.6 is 27.5 Å². The van der Waals surface area contributed by atoms with Crippen LogP contribution in [0.25, 0.3) is 0 Å². The second-order valence-corrected chi connectivity index (χ2v) is 4.93. The first-order valence-electron chi connectivity index (χ1n) is 4.28. The Hall–Kier alpha value is -0.0800. The van der Waals surface area contributed by atoms with E-state index in [2.05, 4.69) is 40.8 Å². The monoisotopic (exact) mass is 261 g/mol. The predicted molar refractivity (Wildman–Crippen MR) is 60.4 cm³/mol. The van der Waals surface area contributed by atoms with E-state index in [1.165, 1.54) is 5.56 Å². The molecule has 13 heavy (non-hydrogen) atoms. The molecule has 0 aliphatic carbocycles. The van der Waals surface area contributed by atoms with Crippen molar-refractivity contribution in [3.8, 4) is 0 Å². The van der Waals surface area contributed by atoms with Crippen LogP contribution in [-0.2, 0) is 0 Å². The quantitative estimate of drug-likeness (QED) is 0.737. The largest absolute Gasteiger partial charge is 0.260 e. The topological polar surface area (TPSA) is 12.9 Å². The molecule has 1 heterocycles. The van der Waals surface area contributed by atoms with Crippen LogP contribution in [0, 0.1) is 6.92 Å². The molecule has 0 saturated heterocycles. The fourth-order valence-electron chi connectivity index (χ4n) is 1.25. The van der Waals surface area contributed by atoms with E-state index in [1.807, 2.05) is 13.1 Å². The summed E-state index contributed by atoms with van der Waals surface area (Å²) in [5.41, 5.74) is 2.28. The smallest absolute Gasteiger partial charge is 0.0476 e. The Morgan fingerprint density at radius 2 is 2.08 bits per heavy atom. The lowest BCUT2D eigenvalue weighted by atomic mass is 10.00. The Balaban J connectivity index is 3.01. The zero-order valence-electron chi connectivity index (χ0n) is 8.01. The van der Waals surface area contributed by atoms with E-state index in [0.717, 1.165) is 10.2 Å². The minimum atomic E-state index is 0.118. The number of nitrogens with zero attached hydrogens (tertiary/aromatic N) is 1. The molecule has 1 aromatic rings. The molecule has 0 spiro atoms. The summed E-state index contributed by atoms with van der Waals surface area (Å²) in [6, 6.07) is 2.07. The van der Waals surface area contributed by atoms with Crippen molar-refractivity contribution in [1.29, 1.82) is 0 Å². The molecule has 0 aliphatic rings. The number of pyridine rings is 1. The molecular weight excluding hydrogens is 249 g/mol. The van der Waals surface area contributed by atoms with Crippen LogP contribution in [-0.4, -0.2) is 10.4 Å². The summed E-state index contributed by atoms with van der Waals surface area (Å²) < 4.78 is 1.02. The summed E-state index contributed by atoms with van der Waals surface area (Å²) in [6.45, 7) is 6.15. The van der Waals surface area contributed by atoms with E-state index in [1.54, 1.807) is 0 Å². The van der Waals surface area contributed by atoms with E-state index >= 15 is 0 Å². The first kappa shape index (κ1) is 11.0. The first-order chi connectivity index (χ1) is 6.02. The maximum Gasteiger partial charge on any atom is 0.0476 e. The molecule has 2 atom stereocenters. The molecule has 0 N–H and O–H groups in total. The van der Waals surface area contributed by atoms with Crippen LogP contribution in [0.15, 0.2) is 16.7 Å². The van der Waals surface area contributed by atoms with Crippen LogP contribution in [0.3, 0.4) is 0 Å². The summed E-state index contributed by atoms with van der Waals surface area (Å²) >= 11 is 9.41. The third kappa shape index (κ3) is 2.68. The normalized spacial score (nSPS) is 15.5. The van der Waals surface area contributed by atoms with Gasteiger partial charge in [0.05, 0.1) is 0 Å². The summed E-state index contributed by atoms with van der Waals surface area (Å²) in [7, 11) is 0. The van der Waals surface area contributed by atoms with Crippen molar-refractivity contribution in [3.63, 3.8) is 0 Å². The number of rotatable bonds is 2. The molecule has 0 radical (unpaired) electrons. The van der Waals surface area contributed by atoms with Crippen molar-refractivity contribution < 1.29 is 0 Å². The maximum atomic E-state index is 6.02. The lowest BCUT2D eigenvalue weighted by Crippen LogP contribution is -2.08. The van der Waals surface area contributed by atoms with E-state index in [0.29, 0.717) is 5.92 Å². The minimum absolute atomic E-state index is 0.118. The number of halogens is 2. The van der Waals surface area contributed by atoms with Crippen LogP contribution in [0.4, 0.5) is 0 Å². The Morgan fingerprint density at radius 1 is 1.46 bits per heavy atom. The summed E-state index contributed by atoms with van der Waals surface area (Å²) in [6.07, 6.45) is 1.82. The second kappa shape index (κ2) is 4.43. The van der Waals surface area contributed by atoms with Gasteiger partial charge in [-0.1, -0.05) is 6.92 Å². The maximum absolute atomic E-state index is 6.02. The van der Waals surface area contributed by atoms with Gasteiger partial charge in [0, 0.05) is 27.7 Å². The molecule has 0 fully saturated rings. The van der Waals surface area contributed by atoms with Crippen LogP contribution < -0.4 is 0 Å². The average Bonchev–Trinajstić information content (AvgIpc) is 2.03. The standard InChI is InChI=1S/C10H13BrClN/c1-6-4-9(11)5-13-10(6)7(2)8(3)12/h4-5,7-8H,1-3H3. The first-order valence-corrected chi connectivity index (χ1v) is 5.51. The number of hydrogen-bond acceptors (Lipinski definition) is 1. The van der Waals surface area contributed by atoms with Crippen LogP contribution in [0.2, 0.25) is 0 Å². The van der Waals surface area contributed by atoms with E-state index in [-0.39, 0.29) is 5.38 Å². The van der Waals surface area contributed by atoms with Crippen molar-refractivity contribution in [2.24, 2.45) is 0 Å². The van der Waals surface area contributed by atoms with E-state index in [9.17, 15) is 0 Å². The van der Waals surface area contributed by atoms with Gasteiger partial charge >= 0.3 is 0 Å². The molecule has 72 valence electrons. The van der Waals surface area contributed by atoms with Crippen LogP contribution in [0.5, 0.6) is 0 Å². The Morgan fingerprint density at radius 3 is 2.54 bits per heavy atom. The zero-order valence-corrected chi connectivity index (χ0v) is 10.4. The van der Waals surface area contributed by atoms with Crippen molar-refractivity contribution >= 4 is 27.5 Å². The van der Waals surface area contributed by atoms with Gasteiger partial charge in [-0.25, -0.2) is 0 Å². The SMILES string of the molecule is Cc1cc(Br)cnc1C(C)C(C)Cl. The van der Waals surface area contributed by atoms with Gasteiger partial charge in [-0.15, -0.1) is 11.6 Å². The lowest BCUT2D eigenvalue weighted by Gasteiger charge is -2.15. The molecule has 0 amide bonds. The summed E-state index contributed by atoms with van der Waals surface area (Å²) in [5.74, 6) is 0.301. The number of alkyl halides is 1. The molecule has 1 rings (SSSR count). The van der Waals surface area contributed by atoms with Crippen molar-refractivity contribution in [2.45, 2.75) is 32.1 Å². The number of aromatic nitrogens is 1. The van der Waals surface area contributed by atoms with Gasteiger partial charge in [0.2, 0.25) is 0 Å². The Labute approximate surface area is 92.6 Å². The zero-order chi connectivity index (χ0) is 10.0. The fraction of sp³-hybridized carbons (Fsp3) is 0.500. The van der Waals surface area contributed by atoms with E-state index in [4.69, 9.17) is 11.6 Å². The van der Waals surface area contributed by atoms with Crippen molar-refractivity contribution in [3.05, 3.63) is 28.0 Å². The van der Waals surface area contributed by atoms with Gasteiger partial charge in [0.15, 0.2) is 0 Å². The molecule has 2 unspecified atom stereocenters. The van der Waals surface area contributed by atoms with Gasteiger partial charge < -0.3 is 0 Å². The molecule has 0 saturated carbocycles. The predicted octanol–water partition coefficient (Wildman–Crippen LogP) is 3.88. The molecular formula is C10H13BrClN. The van der Waals surface area contributed by atoms with Gasteiger partial charge in [-0.05, 0) is 41.4 Å². The Bertz CT molecular complexity index is 299. The minimum Gasteiger partial charge on any atom is -0.260 e. The van der Waals surface area contributed by atoms with Crippen molar-refractivity contribution in [1.82, 2.24) is 4.98 Å². The highest BCUT2D eigenvalue weighted by Crippen LogP contribution is 2.25. The van der Waals surface area contributed by atoms with Gasteiger partial charge in [0.25, 0.3) is 0 Å². The third-order valence-electron chi connectivity index (χ3n) is 2.21. The third-order valence-corrected chi connectivity index (χ3v) is 3.02. The molecule has 3 heteroatoms. The highest BCUT2D eigenvalue weighted by Gasteiger charge is 2.15. The summed E-state index contributed by atoms with van der Waals surface area (Å²) in [4.78, 5) is 4.37. The molecule has 0 bridgehead atoms. The van der Waals surface area contributed by atoms with Gasteiger partial charge in [-0.2, -0.15) is 0 Å². The molecule has 0 aromatic carbocycles. The average molecular weight is 263 g/mol. The highest BCUT2D eigenvalue weighted by molar-refractivity contribution is 9.10. The molecule has 1 nitrogen and oxygen atoms in total. The molecule has 1 aromatic heterocycles. The second-order valence-electron chi connectivity index (χ2n) is 3.32. The van der Waals surface area contributed by atoms with Gasteiger partial charge in [-0.3, -0.25) is 4.98 Å². The van der Waals surface area contributed by atoms with Crippen LogP contribution in [0.1, 0.15) is 31.0 Å². The molecule has 0 aliphatic heterocycles. The Kier molecular flexibility index (Phi) is 3.74. The lowest BCUT2D eigenvalue weighted by molar-refractivity contribution is 0.709.